The highest BCUT2D eigenvalue weighted by molar-refractivity contribution is 7.89. The van der Waals surface area contributed by atoms with Gasteiger partial charge in [-0.3, -0.25) is 0 Å². The second kappa shape index (κ2) is 8.13. The van der Waals surface area contributed by atoms with Crippen molar-refractivity contribution in [3.8, 4) is 6.07 Å². The van der Waals surface area contributed by atoms with Crippen molar-refractivity contribution in [3.05, 3.63) is 29.3 Å². The van der Waals surface area contributed by atoms with E-state index < -0.39 is 10.0 Å². The molecule has 0 unspecified atom stereocenters. The molecule has 1 N–H and O–H groups in total. The van der Waals surface area contributed by atoms with Crippen LogP contribution in [0.1, 0.15) is 31.4 Å². The summed E-state index contributed by atoms with van der Waals surface area (Å²) in [7, 11) is -3.52. The lowest BCUT2D eigenvalue weighted by atomic mass is 10.2. The van der Waals surface area contributed by atoms with Gasteiger partial charge in [0, 0.05) is 13.1 Å². The third kappa shape index (κ3) is 5.12. The topological polar surface area (TPSA) is 73.2 Å². The zero-order chi connectivity index (χ0) is 15.9. The van der Waals surface area contributed by atoms with Gasteiger partial charge in [0.1, 0.15) is 0 Å². The average molecular weight is 309 g/mol. The van der Waals surface area contributed by atoms with Gasteiger partial charge in [0.25, 0.3) is 0 Å². The quantitative estimate of drug-likeness (QED) is 0.795. The normalized spacial score (nSPS) is 11.6. The van der Waals surface area contributed by atoms with Crippen LogP contribution in [0.5, 0.6) is 0 Å². The van der Waals surface area contributed by atoms with Gasteiger partial charge in [-0.25, -0.2) is 13.1 Å². The summed E-state index contributed by atoms with van der Waals surface area (Å²) in [5.74, 6) is 0. The molecule has 0 heterocycles. The van der Waals surface area contributed by atoms with Crippen LogP contribution < -0.4 is 4.72 Å². The van der Waals surface area contributed by atoms with Crippen molar-refractivity contribution >= 4 is 10.0 Å². The lowest BCUT2D eigenvalue weighted by molar-refractivity contribution is 0.293. The van der Waals surface area contributed by atoms with Crippen molar-refractivity contribution in [1.82, 2.24) is 9.62 Å². The average Bonchev–Trinajstić information content (AvgIpc) is 2.45. The molecule has 0 saturated heterocycles. The van der Waals surface area contributed by atoms with Crippen LogP contribution in [0.4, 0.5) is 0 Å². The number of rotatable bonds is 8. The van der Waals surface area contributed by atoms with Gasteiger partial charge in [0.15, 0.2) is 0 Å². The van der Waals surface area contributed by atoms with E-state index in [9.17, 15) is 8.42 Å². The molecule has 0 aliphatic heterocycles. The van der Waals surface area contributed by atoms with Crippen molar-refractivity contribution in [2.75, 3.05) is 26.2 Å². The molecule has 0 aromatic heterocycles. The molecule has 1 rings (SSSR count). The SMILES string of the molecule is CCCN(CC)CCNS(=O)(=O)c1ccc(C#N)cc1C. The highest BCUT2D eigenvalue weighted by Gasteiger charge is 2.16. The Hall–Kier alpha value is -1.42. The summed E-state index contributed by atoms with van der Waals surface area (Å²) in [4.78, 5) is 2.44. The summed E-state index contributed by atoms with van der Waals surface area (Å²) < 4.78 is 27.2. The molecular weight excluding hydrogens is 286 g/mol. The summed E-state index contributed by atoms with van der Waals surface area (Å²) in [5, 5.41) is 8.82. The second-order valence-electron chi connectivity index (χ2n) is 4.92. The van der Waals surface area contributed by atoms with Crippen LogP contribution in [0.2, 0.25) is 0 Å². The predicted octanol–water partition coefficient (Wildman–Crippen LogP) is 1.88. The van der Waals surface area contributed by atoms with Crippen LogP contribution in [-0.2, 0) is 10.0 Å². The summed E-state index contributed by atoms with van der Waals surface area (Å²) in [6.07, 6.45) is 1.05. The van der Waals surface area contributed by atoms with Gasteiger partial charge in [-0.1, -0.05) is 13.8 Å². The first kappa shape index (κ1) is 17.6. The zero-order valence-corrected chi connectivity index (χ0v) is 13.7. The molecule has 0 atom stereocenters. The second-order valence-corrected chi connectivity index (χ2v) is 6.66. The molecule has 6 heteroatoms. The van der Waals surface area contributed by atoms with E-state index in [-0.39, 0.29) is 4.90 Å². The first-order chi connectivity index (χ1) is 9.94. The molecule has 1 aromatic carbocycles. The van der Waals surface area contributed by atoms with Crippen molar-refractivity contribution in [2.24, 2.45) is 0 Å². The predicted molar refractivity (Wildman–Crippen MR) is 83.5 cm³/mol. The lowest BCUT2D eigenvalue weighted by Crippen LogP contribution is -2.35. The van der Waals surface area contributed by atoms with Crippen LogP contribution in [-0.4, -0.2) is 39.5 Å². The van der Waals surface area contributed by atoms with E-state index in [0.717, 1.165) is 19.5 Å². The third-order valence-corrected chi connectivity index (χ3v) is 4.92. The zero-order valence-electron chi connectivity index (χ0n) is 12.9. The van der Waals surface area contributed by atoms with Crippen LogP contribution in [0.15, 0.2) is 23.1 Å². The monoisotopic (exact) mass is 309 g/mol. The fraction of sp³-hybridized carbons (Fsp3) is 0.533. The van der Waals surface area contributed by atoms with Gasteiger partial charge in [0.05, 0.1) is 16.5 Å². The number of hydrogen-bond donors (Lipinski definition) is 1. The molecule has 21 heavy (non-hydrogen) atoms. The molecule has 0 aliphatic rings. The van der Waals surface area contributed by atoms with E-state index >= 15 is 0 Å². The fourth-order valence-corrected chi connectivity index (χ4v) is 3.43. The number of nitriles is 1. The van der Waals surface area contributed by atoms with E-state index in [1.54, 1.807) is 13.0 Å². The summed E-state index contributed by atoms with van der Waals surface area (Å²) >= 11 is 0. The number of likely N-dealkylation sites (N-methyl/N-ethyl adjacent to an activating group) is 1. The fourth-order valence-electron chi connectivity index (χ4n) is 2.18. The van der Waals surface area contributed by atoms with Gasteiger partial charge in [-0.15, -0.1) is 0 Å². The molecule has 0 bridgehead atoms. The number of sulfonamides is 1. The molecule has 0 fully saturated rings. The Morgan fingerprint density at radius 1 is 1.29 bits per heavy atom. The van der Waals surface area contributed by atoms with E-state index in [1.807, 2.05) is 6.07 Å². The minimum Gasteiger partial charge on any atom is -0.302 e. The Bertz CT molecular complexity index is 606. The third-order valence-electron chi connectivity index (χ3n) is 3.30. The Labute approximate surface area is 127 Å². The van der Waals surface area contributed by atoms with E-state index in [0.29, 0.717) is 24.2 Å². The largest absolute Gasteiger partial charge is 0.302 e. The standard InChI is InChI=1S/C15H23N3O2S/c1-4-9-18(5-2)10-8-17-21(19,20)15-7-6-14(12-16)11-13(15)3/h6-7,11,17H,4-5,8-10H2,1-3H3. The first-order valence-electron chi connectivity index (χ1n) is 7.17. The van der Waals surface area contributed by atoms with Gasteiger partial charge in [-0.05, 0) is 50.2 Å². The van der Waals surface area contributed by atoms with Gasteiger partial charge < -0.3 is 4.90 Å². The van der Waals surface area contributed by atoms with Crippen molar-refractivity contribution < 1.29 is 8.42 Å². The van der Waals surface area contributed by atoms with Crippen molar-refractivity contribution in [1.29, 1.82) is 5.26 Å². The number of nitrogens with one attached hydrogen (secondary N) is 1. The van der Waals surface area contributed by atoms with Gasteiger partial charge in [-0.2, -0.15) is 5.26 Å². The lowest BCUT2D eigenvalue weighted by Gasteiger charge is -2.19. The summed E-state index contributed by atoms with van der Waals surface area (Å²) in [5.41, 5.74) is 1.05. The maximum atomic E-state index is 12.3. The molecule has 0 aliphatic carbocycles. The maximum Gasteiger partial charge on any atom is 0.240 e. The van der Waals surface area contributed by atoms with Crippen LogP contribution in [0.25, 0.3) is 0 Å². The molecule has 0 saturated carbocycles. The molecule has 1 aromatic rings. The first-order valence-corrected chi connectivity index (χ1v) is 8.65. The Morgan fingerprint density at radius 2 is 2.00 bits per heavy atom. The highest BCUT2D eigenvalue weighted by Crippen LogP contribution is 2.16. The van der Waals surface area contributed by atoms with E-state index in [2.05, 4.69) is 23.5 Å². The molecular formula is C15H23N3O2S. The molecule has 0 radical (unpaired) electrons. The van der Waals surface area contributed by atoms with Crippen LogP contribution >= 0.6 is 0 Å². The Kier molecular flexibility index (Phi) is 6.82. The Balaban J connectivity index is 2.72. The van der Waals surface area contributed by atoms with Gasteiger partial charge in [0.2, 0.25) is 10.0 Å². The highest BCUT2D eigenvalue weighted by atomic mass is 32.2. The minimum atomic E-state index is -3.52. The van der Waals surface area contributed by atoms with Crippen molar-refractivity contribution in [3.63, 3.8) is 0 Å². The number of benzene rings is 1. The smallest absolute Gasteiger partial charge is 0.240 e. The molecule has 116 valence electrons. The van der Waals surface area contributed by atoms with Crippen LogP contribution in [0, 0.1) is 18.3 Å². The number of nitrogens with zero attached hydrogens (tertiary/aromatic N) is 2. The van der Waals surface area contributed by atoms with E-state index in [4.69, 9.17) is 5.26 Å². The molecule has 0 spiro atoms. The maximum absolute atomic E-state index is 12.3. The van der Waals surface area contributed by atoms with Gasteiger partial charge >= 0.3 is 0 Å². The molecule has 0 amide bonds. The molecule has 5 nitrogen and oxygen atoms in total. The summed E-state index contributed by atoms with van der Waals surface area (Å²) in [6.45, 7) is 8.82. The van der Waals surface area contributed by atoms with E-state index in [1.165, 1.54) is 12.1 Å². The summed E-state index contributed by atoms with van der Waals surface area (Å²) in [6, 6.07) is 6.60. The van der Waals surface area contributed by atoms with Crippen molar-refractivity contribution in [2.45, 2.75) is 32.1 Å². The van der Waals surface area contributed by atoms with Crippen LogP contribution in [0.3, 0.4) is 0 Å². The number of hydrogen-bond acceptors (Lipinski definition) is 4. The number of aryl methyl sites for hydroxylation is 1. The Morgan fingerprint density at radius 3 is 2.52 bits per heavy atom. The minimum absolute atomic E-state index is 0.236.